The van der Waals surface area contributed by atoms with Crippen LogP contribution in [0.2, 0.25) is 10.0 Å². The summed E-state index contributed by atoms with van der Waals surface area (Å²) < 4.78 is 117. The zero-order chi connectivity index (χ0) is 58.9. The zero-order valence-electron chi connectivity index (χ0n) is 44.7. The van der Waals surface area contributed by atoms with E-state index in [0.29, 0.717) is 58.2 Å². The first-order valence-corrected chi connectivity index (χ1v) is 28.2. The van der Waals surface area contributed by atoms with Gasteiger partial charge in [-0.05, 0) is 69.5 Å². The van der Waals surface area contributed by atoms with Crippen molar-refractivity contribution in [1.82, 2.24) is 48.1 Å². The van der Waals surface area contributed by atoms with Gasteiger partial charge >= 0.3 is 28.1 Å². The van der Waals surface area contributed by atoms with E-state index in [1.54, 1.807) is 24.3 Å². The Kier molecular flexibility index (Phi) is 23.0. The quantitative estimate of drug-likeness (QED) is 0.0757. The van der Waals surface area contributed by atoms with Crippen molar-refractivity contribution in [2.24, 2.45) is 0 Å². The fourth-order valence-corrected chi connectivity index (χ4v) is 11.6. The normalized spacial score (nSPS) is 12.8. The molecule has 8 heterocycles. The number of rotatable bonds is 15. The van der Waals surface area contributed by atoms with Gasteiger partial charge in [-0.2, -0.15) is 55.4 Å². The summed E-state index contributed by atoms with van der Waals surface area (Å²) in [6.07, 6.45) is 6.11. The van der Waals surface area contributed by atoms with Crippen LogP contribution < -0.4 is 44.2 Å². The number of fused-ring (bicyclic) bond motifs is 2. The summed E-state index contributed by atoms with van der Waals surface area (Å²) in [5, 5.41) is 23.7. The number of nitrogens with one attached hydrogen (secondary N) is 2. The molecular formula is C50H51BBrCl2F2N12O12P2S2. The number of pyridine rings is 4. The molecule has 0 fully saturated rings. The number of methoxy groups -OCH3 is 4. The first-order valence-electron chi connectivity index (χ1n) is 23.8. The monoisotopic (exact) mass is 1340 g/mol. The molecule has 0 spiro atoms. The van der Waals surface area contributed by atoms with Crippen LogP contribution in [0.3, 0.4) is 0 Å². The lowest BCUT2D eigenvalue weighted by atomic mass is 10.0. The highest BCUT2D eigenvalue weighted by molar-refractivity contribution is 9.10. The van der Waals surface area contributed by atoms with Gasteiger partial charge in [-0.25, -0.2) is 18.7 Å². The van der Waals surface area contributed by atoms with E-state index in [2.05, 4.69) is 60.4 Å². The molecule has 8 aromatic rings. The van der Waals surface area contributed by atoms with Crippen LogP contribution in [0.5, 0.6) is 29.0 Å². The average Bonchev–Trinajstić information content (AvgIpc) is 1.28. The SMILES string of the molecule is COc1cc(-c2cnc(OC)c(Cl)c2)c(F)cc1-n1c2c(ccc1=O)CN(S(=O)(=O)Nc1cccnn1)CC2.COc1cc(Br)c(F)cc1-n1c2c(ccc1=O)CN(S(=O)(=O)Nc1cccnn1)CC2.COc1ncc(O[B]O)cc1Cl.P.P. The molecular weight excluding hydrogens is 1290 g/mol. The van der Waals surface area contributed by atoms with Gasteiger partial charge in [0.05, 0.1) is 50.5 Å². The topological polar surface area (TPSA) is 287 Å². The second kappa shape index (κ2) is 29.2. The molecule has 443 valence electrons. The number of ether oxygens (including phenoxy) is 4. The minimum absolute atomic E-state index is 0. The Bertz CT molecular complexity index is 4020. The Morgan fingerprint density at radius 1 is 0.643 bits per heavy atom. The summed E-state index contributed by atoms with van der Waals surface area (Å²) in [6.45, 7) is 0.217. The number of halogens is 5. The summed E-state index contributed by atoms with van der Waals surface area (Å²) in [6, 6.07) is 20.2. The Hall–Kier alpha value is -6.98. The number of hydrogen-bond donors (Lipinski definition) is 3. The fourth-order valence-electron chi connectivity index (χ4n) is 8.48. The molecule has 10 rings (SSSR count). The summed E-state index contributed by atoms with van der Waals surface area (Å²) in [7, 11) is -1.56. The van der Waals surface area contributed by atoms with Crippen LogP contribution >= 0.6 is 58.9 Å². The third-order valence-corrected chi connectivity index (χ3v) is 16.3. The van der Waals surface area contributed by atoms with E-state index in [0.717, 1.165) is 0 Å². The number of hydrogen-bond acceptors (Lipinski definition) is 18. The number of anilines is 2. The van der Waals surface area contributed by atoms with Crippen LogP contribution in [0.4, 0.5) is 20.4 Å². The molecule has 0 aliphatic carbocycles. The lowest BCUT2D eigenvalue weighted by molar-refractivity contribution is 0.385. The second-order valence-electron chi connectivity index (χ2n) is 17.1. The third kappa shape index (κ3) is 15.3. The Balaban J connectivity index is 0.000000224. The van der Waals surface area contributed by atoms with Crippen molar-refractivity contribution in [3.63, 3.8) is 0 Å². The van der Waals surface area contributed by atoms with Crippen molar-refractivity contribution in [2.75, 3.05) is 51.0 Å². The summed E-state index contributed by atoms with van der Waals surface area (Å²) >= 11 is 15.0. The molecule has 6 aromatic heterocycles. The van der Waals surface area contributed by atoms with Crippen LogP contribution in [0.25, 0.3) is 22.5 Å². The van der Waals surface area contributed by atoms with Gasteiger partial charge in [-0.3, -0.25) is 28.2 Å². The van der Waals surface area contributed by atoms with Gasteiger partial charge in [0.15, 0.2) is 11.6 Å². The van der Waals surface area contributed by atoms with Crippen LogP contribution in [0, 0.1) is 11.6 Å². The van der Waals surface area contributed by atoms with E-state index in [9.17, 15) is 30.8 Å². The van der Waals surface area contributed by atoms with E-state index in [-0.39, 0.29) is 114 Å². The standard InChI is InChI=1S/C25H22ClFN6O5S.C19H17BrFN5O4S.C6H6BClNO3.2H3P/c1-37-22-11-17(16-10-18(26)25(38-2)28-13-16)19(27)12-21(22)33-20-7-9-32(14-15(20)5-6-24(33)34)39(35,36)31-23-4-3-8-29-30-23;1-30-17-9-13(20)14(21)10-16(17)26-15-6-8-25(11-12(15)4-5-19(26)27)31(28,29)24-18-3-2-7-22-23-18;1-11-6-5(8)2-4(3-9-6)12-7-10;;/h3-6,8,10-13H,7,9,14H2,1-2H3,(H,30,31);2-5,7,9-10H,6,8,11H2,1H3,(H,23,24);2-3,10H,1H3;2*1H3. The van der Waals surface area contributed by atoms with Gasteiger partial charge in [0, 0.05) is 110 Å². The molecule has 1 radical (unpaired) electrons. The van der Waals surface area contributed by atoms with Gasteiger partial charge in [-0.1, -0.05) is 35.3 Å². The molecule has 2 unspecified atom stereocenters. The lowest BCUT2D eigenvalue weighted by Gasteiger charge is -2.30. The fraction of sp³-hybridized carbons (Fsp3) is 0.200. The maximum Gasteiger partial charge on any atom is 0.569 e. The smallest absolute Gasteiger partial charge is 0.536 e. The number of nitrogens with zero attached hydrogens (tertiary/aromatic N) is 10. The van der Waals surface area contributed by atoms with E-state index < -0.39 is 37.6 Å². The number of benzene rings is 2. The van der Waals surface area contributed by atoms with Crippen LogP contribution in [0.1, 0.15) is 22.5 Å². The third-order valence-electron chi connectivity index (χ3n) is 12.2. The highest BCUT2D eigenvalue weighted by atomic mass is 79.9. The van der Waals surface area contributed by atoms with Gasteiger partial charge in [0.25, 0.3) is 11.1 Å². The first-order chi connectivity index (χ1) is 39.3. The van der Waals surface area contributed by atoms with E-state index >= 15 is 4.39 Å². The van der Waals surface area contributed by atoms with Gasteiger partial charge in [0.1, 0.15) is 38.9 Å². The van der Waals surface area contributed by atoms with Crippen molar-refractivity contribution in [3.05, 3.63) is 179 Å². The molecule has 0 saturated heterocycles. The Morgan fingerprint density at radius 2 is 1.12 bits per heavy atom. The highest BCUT2D eigenvalue weighted by Gasteiger charge is 2.32. The second-order valence-corrected chi connectivity index (χ2v) is 22.1. The summed E-state index contributed by atoms with van der Waals surface area (Å²) in [5.74, 6) is 0.423. The van der Waals surface area contributed by atoms with Crippen molar-refractivity contribution in [1.29, 1.82) is 0 Å². The molecule has 2 aliphatic rings. The maximum absolute atomic E-state index is 15.5. The predicted molar refractivity (Wildman–Crippen MR) is 324 cm³/mol. The Labute approximate surface area is 505 Å². The minimum atomic E-state index is -3.95. The molecule has 0 saturated carbocycles. The molecule has 2 atom stereocenters. The van der Waals surface area contributed by atoms with Crippen molar-refractivity contribution in [3.8, 4) is 51.5 Å². The molecule has 84 heavy (non-hydrogen) atoms. The maximum atomic E-state index is 15.5. The zero-order valence-corrected chi connectivity index (χ0v) is 52.3. The molecule has 0 amide bonds. The van der Waals surface area contributed by atoms with Crippen LogP contribution in [0.15, 0.2) is 124 Å². The van der Waals surface area contributed by atoms with Crippen LogP contribution in [-0.4, -0.2) is 119 Å². The molecule has 2 aliphatic heterocycles. The van der Waals surface area contributed by atoms with E-state index in [4.69, 9.17) is 47.2 Å². The lowest BCUT2D eigenvalue weighted by Crippen LogP contribution is -2.41. The summed E-state index contributed by atoms with van der Waals surface area (Å²) in [4.78, 5) is 33.6. The highest BCUT2D eigenvalue weighted by Crippen LogP contribution is 2.37. The van der Waals surface area contributed by atoms with Gasteiger partial charge in [0.2, 0.25) is 11.8 Å². The summed E-state index contributed by atoms with van der Waals surface area (Å²) in [5.41, 5.74) is 2.56. The molecule has 0 bridgehead atoms. The molecule has 2 aromatic carbocycles. The average molecular weight is 1340 g/mol. The molecule has 24 nitrogen and oxygen atoms in total. The number of aromatic nitrogens is 8. The van der Waals surface area contributed by atoms with Crippen molar-refractivity contribution in [2.45, 2.75) is 25.9 Å². The van der Waals surface area contributed by atoms with E-state index in [1.165, 1.54) is 132 Å². The molecule has 3 N–H and O–H groups in total. The van der Waals surface area contributed by atoms with E-state index in [1.807, 2.05) is 0 Å². The van der Waals surface area contributed by atoms with Gasteiger partial charge in [-0.15, -0.1) is 10.2 Å². The van der Waals surface area contributed by atoms with Gasteiger partial charge < -0.3 is 28.6 Å². The van der Waals surface area contributed by atoms with Crippen LogP contribution in [-0.2, 0) is 46.3 Å². The van der Waals surface area contributed by atoms with Crippen molar-refractivity contribution >= 4 is 98.7 Å². The minimum Gasteiger partial charge on any atom is -0.536 e. The largest absolute Gasteiger partial charge is 0.569 e. The molecule has 34 heteroatoms. The predicted octanol–water partition coefficient (Wildman–Crippen LogP) is 6.23. The Morgan fingerprint density at radius 3 is 1.56 bits per heavy atom. The van der Waals surface area contributed by atoms with Crippen molar-refractivity contribution < 1.29 is 54.2 Å². The first kappa shape index (κ1) is 66.2.